The lowest BCUT2D eigenvalue weighted by Crippen LogP contribution is -2.30. The molecule has 3 heterocycles. The second-order valence-corrected chi connectivity index (χ2v) is 7.93. The Labute approximate surface area is 191 Å². The molecule has 0 bridgehead atoms. The number of ketones is 1. The summed E-state index contributed by atoms with van der Waals surface area (Å²) >= 11 is 5.94. The maximum atomic E-state index is 12.7. The summed E-state index contributed by atoms with van der Waals surface area (Å²) in [5, 5.41) is 24.9. The summed E-state index contributed by atoms with van der Waals surface area (Å²) in [6, 6.07) is 2.00. The Morgan fingerprint density at radius 3 is 2.84 bits per heavy atom. The molecule has 0 aromatic carbocycles. The van der Waals surface area contributed by atoms with Gasteiger partial charge in [0, 0.05) is 49.7 Å². The minimum Gasteiger partial charge on any atom is -0.396 e. The minimum atomic E-state index is -0.498. The lowest BCUT2D eigenvalue weighted by molar-refractivity contribution is -0.107. The van der Waals surface area contributed by atoms with Crippen molar-refractivity contribution in [2.24, 2.45) is 10.9 Å². The van der Waals surface area contributed by atoms with Gasteiger partial charge in [-0.3, -0.25) is 9.79 Å². The number of Topliss-reactive ketones (excluding diaryl/α,β-unsaturated/α-hetero) is 1. The van der Waals surface area contributed by atoms with Gasteiger partial charge in [0.2, 0.25) is 5.78 Å². The molecule has 1 aliphatic rings. The number of aliphatic hydroxyl groups excluding tert-OH is 1. The number of nitrogens with zero attached hydrogens (tertiary/aromatic N) is 4. The van der Waals surface area contributed by atoms with Gasteiger partial charge in [-0.05, 0) is 31.0 Å². The first-order chi connectivity index (χ1) is 15.3. The maximum absolute atomic E-state index is 12.7. The predicted molar refractivity (Wildman–Crippen MR) is 125 cm³/mol. The number of halogens is 1. The van der Waals surface area contributed by atoms with Gasteiger partial charge in [0.05, 0.1) is 23.1 Å². The van der Waals surface area contributed by atoms with Gasteiger partial charge in [0.15, 0.2) is 5.82 Å². The summed E-state index contributed by atoms with van der Waals surface area (Å²) in [7, 11) is 0. The molecule has 1 unspecified atom stereocenters. The molecule has 0 saturated heterocycles. The number of allylic oxidation sites excluding steroid dienone is 3. The van der Waals surface area contributed by atoms with Crippen LogP contribution in [0.4, 0.5) is 0 Å². The van der Waals surface area contributed by atoms with E-state index in [1.165, 1.54) is 0 Å². The number of aryl methyl sites for hydroxylation is 1. The van der Waals surface area contributed by atoms with Crippen molar-refractivity contribution < 1.29 is 9.90 Å². The van der Waals surface area contributed by atoms with Crippen LogP contribution in [0.15, 0.2) is 65.9 Å². The molecule has 1 aliphatic heterocycles. The van der Waals surface area contributed by atoms with Crippen LogP contribution < -0.4 is 5.32 Å². The van der Waals surface area contributed by atoms with Crippen LogP contribution in [0.1, 0.15) is 24.5 Å². The van der Waals surface area contributed by atoms with Crippen molar-refractivity contribution in [3.05, 3.63) is 77.0 Å². The normalized spacial score (nSPS) is 16.7. The van der Waals surface area contributed by atoms with E-state index in [1.807, 2.05) is 26.0 Å². The van der Waals surface area contributed by atoms with Crippen LogP contribution in [-0.4, -0.2) is 43.7 Å². The lowest BCUT2D eigenvalue weighted by atomic mass is 9.86. The van der Waals surface area contributed by atoms with Gasteiger partial charge in [0.1, 0.15) is 5.71 Å². The summed E-state index contributed by atoms with van der Waals surface area (Å²) < 4.78 is 1.62. The van der Waals surface area contributed by atoms with E-state index in [2.05, 4.69) is 27.0 Å². The van der Waals surface area contributed by atoms with Gasteiger partial charge in [-0.25, -0.2) is 9.67 Å². The van der Waals surface area contributed by atoms with E-state index in [9.17, 15) is 4.79 Å². The Morgan fingerprint density at radius 1 is 1.44 bits per heavy atom. The van der Waals surface area contributed by atoms with Crippen molar-refractivity contribution in [3.8, 4) is 5.82 Å². The molecule has 0 amide bonds. The molecule has 1 atom stereocenters. The van der Waals surface area contributed by atoms with Gasteiger partial charge in [-0.2, -0.15) is 5.10 Å². The average Bonchev–Trinajstić information content (AvgIpc) is 3.19. The molecular weight excluding hydrogens is 428 g/mol. The van der Waals surface area contributed by atoms with E-state index >= 15 is 0 Å². The summed E-state index contributed by atoms with van der Waals surface area (Å²) in [6.45, 7) is 8.05. The summed E-state index contributed by atoms with van der Waals surface area (Å²) in [5.74, 6) is -0.00342. The maximum Gasteiger partial charge on any atom is 0.225 e. The van der Waals surface area contributed by atoms with E-state index in [1.54, 1.807) is 35.7 Å². The topological polar surface area (TPSA) is 116 Å². The predicted octanol–water partition coefficient (Wildman–Crippen LogP) is 3.33. The Balaban J connectivity index is 1.79. The smallest absolute Gasteiger partial charge is 0.225 e. The Kier molecular flexibility index (Phi) is 7.50. The van der Waals surface area contributed by atoms with Crippen LogP contribution in [0.25, 0.3) is 5.82 Å². The number of aliphatic hydroxyl groups is 1. The lowest BCUT2D eigenvalue weighted by Gasteiger charge is -2.22. The molecule has 166 valence electrons. The molecule has 32 heavy (non-hydrogen) atoms. The van der Waals surface area contributed by atoms with Crippen molar-refractivity contribution in [2.75, 3.05) is 6.61 Å². The quantitative estimate of drug-likeness (QED) is 0.398. The molecule has 2 aromatic heterocycles. The fraction of sp³-hybridized carbons (Fsp3) is 0.261. The number of carbonyl (C=O) groups excluding carboxylic acids is 1. The van der Waals surface area contributed by atoms with Gasteiger partial charge in [-0.15, -0.1) is 0 Å². The van der Waals surface area contributed by atoms with Crippen molar-refractivity contribution >= 4 is 28.8 Å². The van der Waals surface area contributed by atoms with E-state index in [0.717, 1.165) is 16.7 Å². The van der Waals surface area contributed by atoms with E-state index in [0.29, 0.717) is 23.0 Å². The zero-order valence-corrected chi connectivity index (χ0v) is 18.7. The number of pyridine rings is 1. The summed E-state index contributed by atoms with van der Waals surface area (Å²) in [5.41, 5.74) is 3.38. The van der Waals surface area contributed by atoms with Gasteiger partial charge in [-0.1, -0.05) is 29.8 Å². The molecule has 9 heteroatoms. The standard InChI is InChI=1S/C23H25ClN6O2/c1-14(2)18-4-6-27-21(22(32)20(25)5-7-31)19(18)12-26-9-16-8-15(3)23(28-10-16)30-13-17(24)11-29-30/h4,6,8,10-13,18,25-26,31H,1,5,7,9H2,2-3H3/b19-12+,25-20?. The monoisotopic (exact) mass is 452 g/mol. The highest BCUT2D eigenvalue weighted by Crippen LogP contribution is 2.26. The molecule has 0 aliphatic carbocycles. The molecule has 3 N–H and O–H groups in total. The molecule has 2 aromatic rings. The molecule has 0 spiro atoms. The number of aliphatic imine (C=N–C) groups is 1. The molecule has 8 nitrogen and oxygen atoms in total. The highest BCUT2D eigenvalue weighted by molar-refractivity contribution is 6.69. The first-order valence-corrected chi connectivity index (χ1v) is 10.4. The highest BCUT2D eigenvalue weighted by Gasteiger charge is 2.27. The van der Waals surface area contributed by atoms with E-state index in [-0.39, 0.29) is 30.4 Å². The number of hydrogen-bond donors (Lipinski definition) is 3. The van der Waals surface area contributed by atoms with E-state index < -0.39 is 5.78 Å². The average molecular weight is 453 g/mol. The highest BCUT2D eigenvalue weighted by atomic mass is 35.5. The van der Waals surface area contributed by atoms with Crippen molar-refractivity contribution in [2.45, 2.75) is 26.8 Å². The fourth-order valence-corrected chi connectivity index (χ4v) is 3.47. The van der Waals surface area contributed by atoms with Crippen molar-refractivity contribution in [3.63, 3.8) is 0 Å². The molecule has 3 rings (SSSR count). The zero-order valence-electron chi connectivity index (χ0n) is 18.0. The molecule has 0 fully saturated rings. The van der Waals surface area contributed by atoms with Crippen LogP contribution in [0.2, 0.25) is 5.02 Å². The summed E-state index contributed by atoms with van der Waals surface area (Å²) in [6.07, 6.45) is 10.1. The summed E-state index contributed by atoms with van der Waals surface area (Å²) in [4.78, 5) is 21.4. The number of hydrogen-bond acceptors (Lipinski definition) is 7. The third kappa shape index (κ3) is 5.27. The van der Waals surface area contributed by atoms with Crippen LogP contribution in [0.5, 0.6) is 0 Å². The van der Waals surface area contributed by atoms with Gasteiger partial charge in [0.25, 0.3) is 0 Å². The number of nitrogens with one attached hydrogen (secondary N) is 2. The van der Waals surface area contributed by atoms with Crippen LogP contribution in [0.3, 0.4) is 0 Å². The molecular formula is C23H25ClN6O2. The molecule has 0 saturated carbocycles. The van der Waals surface area contributed by atoms with Crippen LogP contribution >= 0.6 is 11.6 Å². The Morgan fingerprint density at radius 2 is 2.22 bits per heavy atom. The number of aromatic nitrogens is 3. The Hall–Kier alpha value is -3.36. The second-order valence-electron chi connectivity index (χ2n) is 7.49. The van der Waals surface area contributed by atoms with Gasteiger partial charge < -0.3 is 15.8 Å². The van der Waals surface area contributed by atoms with Crippen LogP contribution in [-0.2, 0) is 11.3 Å². The molecule has 0 radical (unpaired) electrons. The third-order valence-electron chi connectivity index (χ3n) is 4.91. The van der Waals surface area contributed by atoms with Crippen LogP contribution in [0, 0.1) is 18.3 Å². The van der Waals surface area contributed by atoms with E-state index in [4.69, 9.17) is 22.1 Å². The van der Waals surface area contributed by atoms with Crippen molar-refractivity contribution in [1.82, 2.24) is 20.1 Å². The third-order valence-corrected chi connectivity index (χ3v) is 5.11. The fourth-order valence-electron chi connectivity index (χ4n) is 3.33. The second kappa shape index (κ2) is 10.3. The largest absolute Gasteiger partial charge is 0.396 e. The van der Waals surface area contributed by atoms with Crippen molar-refractivity contribution in [1.29, 1.82) is 5.41 Å². The Bertz CT molecular complexity index is 1150. The SMILES string of the molecule is C=C(C)C1C=CN=C(C(=O)C(=N)CCO)/C1=C/NCc1cnc(-n2cc(Cl)cn2)c(C)c1. The first-order valence-electron chi connectivity index (χ1n) is 10.0. The number of carbonyl (C=O) groups is 1. The first kappa shape index (κ1) is 23.3. The van der Waals surface area contributed by atoms with Gasteiger partial charge >= 0.3 is 0 Å². The zero-order chi connectivity index (χ0) is 23.3. The minimum absolute atomic E-state index is 0.0151. The number of rotatable bonds is 9.